The molecule has 0 spiro atoms. The predicted molar refractivity (Wildman–Crippen MR) is 86.3 cm³/mol. The van der Waals surface area contributed by atoms with Crippen LogP contribution in [0.1, 0.15) is 22.8 Å². The summed E-state index contributed by atoms with van der Waals surface area (Å²) < 4.78 is 11.4. The summed E-state index contributed by atoms with van der Waals surface area (Å²) in [5, 5.41) is 0. The summed E-state index contributed by atoms with van der Waals surface area (Å²) in [6.45, 7) is 2.12. The summed E-state index contributed by atoms with van der Waals surface area (Å²) in [5.74, 6) is 1.33. The monoisotopic (exact) mass is 348 g/mol. The van der Waals surface area contributed by atoms with E-state index >= 15 is 0 Å². The lowest BCUT2D eigenvalue weighted by Crippen LogP contribution is -2.11. The molecule has 0 amide bonds. The Morgan fingerprint density at radius 1 is 1.14 bits per heavy atom. The molecule has 0 radical (unpaired) electrons. The fraction of sp³-hybridized carbons (Fsp3) is 0.235. The van der Waals surface area contributed by atoms with Crippen LogP contribution in [0.3, 0.4) is 0 Å². The van der Waals surface area contributed by atoms with E-state index in [0.717, 1.165) is 10.9 Å². The molecule has 0 aliphatic carbocycles. The molecule has 0 aliphatic heterocycles. The molecular formula is C17H17BrO3. The minimum Gasteiger partial charge on any atom is -0.496 e. The summed E-state index contributed by atoms with van der Waals surface area (Å²) in [5.41, 5.74) is 1.83. The van der Waals surface area contributed by atoms with Gasteiger partial charge in [-0.1, -0.05) is 19.1 Å². The van der Waals surface area contributed by atoms with Crippen LogP contribution >= 0.6 is 15.9 Å². The first-order valence-corrected chi connectivity index (χ1v) is 7.51. The molecule has 0 saturated carbocycles. The van der Waals surface area contributed by atoms with E-state index in [9.17, 15) is 4.79 Å². The number of Topliss-reactive ketones (excluding diaryl/α,β-unsaturated/α-hetero) is 1. The number of methoxy groups -OCH3 is 1. The summed E-state index contributed by atoms with van der Waals surface area (Å²) in [6, 6.07) is 13.0. The Hall–Kier alpha value is -1.81. The summed E-state index contributed by atoms with van der Waals surface area (Å²) in [7, 11) is 1.59. The smallest absolute Gasteiger partial charge is 0.200 e. The predicted octanol–water partition coefficient (Wildman–Crippen LogP) is 4.28. The van der Waals surface area contributed by atoms with Gasteiger partial charge >= 0.3 is 0 Å². The van der Waals surface area contributed by atoms with E-state index in [0.29, 0.717) is 17.1 Å². The van der Waals surface area contributed by atoms with Crippen LogP contribution in [0.15, 0.2) is 46.9 Å². The van der Waals surface area contributed by atoms with Crippen LogP contribution in [-0.2, 0) is 6.42 Å². The van der Waals surface area contributed by atoms with E-state index in [-0.39, 0.29) is 12.4 Å². The topological polar surface area (TPSA) is 35.5 Å². The van der Waals surface area contributed by atoms with Crippen molar-refractivity contribution in [3.63, 3.8) is 0 Å². The average molecular weight is 349 g/mol. The highest BCUT2D eigenvalue weighted by molar-refractivity contribution is 9.10. The number of carbonyl (C=O) groups excluding carboxylic acids is 1. The minimum atomic E-state index is -0.0714. The normalized spacial score (nSPS) is 10.2. The third-order valence-corrected chi connectivity index (χ3v) is 3.80. The van der Waals surface area contributed by atoms with Crippen LogP contribution in [0.2, 0.25) is 0 Å². The minimum absolute atomic E-state index is 0.0181. The van der Waals surface area contributed by atoms with Gasteiger partial charge in [0.25, 0.3) is 0 Å². The van der Waals surface area contributed by atoms with E-state index in [1.54, 1.807) is 25.3 Å². The SMILES string of the molecule is CCc1ccc(OCC(=O)c2ccc(OC)c(Br)c2)cc1. The van der Waals surface area contributed by atoms with Crippen molar-refractivity contribution < 1.29 is 14.3 Å². The quantitative estimate of drug-likeness (QED) is 0.730. The van der Waals surface area contributed by atoms with Crippen LogP contribution < -0.4 is 9.47 Å². The number of hydrogen-bond donors (Lipinski definition) is 0. The second-order valence-electron chi connectivity index (χ2n) is 4.56. The molecule has 0 bridgehead atoms. The Kier molecular flexibility index (Phi) is 5.39. The van der Waals surface area contributed by atoms with Crippen LogP contribution in [0.4, 0.5) is 0 Å². The van der Waals surface area contributed by atoms with Gasteiger partial charge in [-0.2, -0.15) is 0 Å². The first kappa shape index (κ1) is 15.6. The van der Waals surface area contributed by atoms with E-state index < -0.39 is 0 Å². The first-order valence-electron chi connectivity index (χ1n) is 6.72. The van der Waals surface area contributed by atoms with Crippen molar-refractivity contribution in [2.75, 3.05) is 13.7 Å². The van der Waals surface area contributed by atoms with Gasteiger partial charge in [0.05, 0.1) is 11.6 Å². The zero-order valence-corrected chi connectivity index (χ0v) is 13.6. The van der Waals surface area contributed by atoms with E-state index in [2.05, 4.69) is 22.9 Å². The highest BCUT2D eigenvalue weighted by Crippen LogP contribution is 2.25. The largest absolute Gasteiger partial charge is 0.496 e. The van der Waals surface area contributed by atoms with Crippen LogP contribution in [0.5, 0.6) is 11.5 Å². The molecular weight excluding hydrogens is 332 g/mol. The molecule has 21 heavy (non-hydrogen) atoms. The second-order valence-corrected chi connectivity index (χ2v) is 5.41. The number of ketones is 1. The molecule has 0 aromatic heterocycles. The molecule has 0 N–H and O–H groups in total. The molecule has 110 valence electrons. The lowest BCUT2D eigenvalue weighted by molar-refractivity contribution is 0.0921. The molecule has 0 atom stereocenters. The Morgan fingerprint density at radius 2 is 1.86 bits per heavy atom. The van der Waals surface area contributed by atoms with Gasteiger partial charge in [-0.3, -0.25) is 4.79 Å². The Bertz CT molecular complexity index is 620. The molecule has 3 nitrogen and oxygen atoms in total. The molecule has 0 heterocycles. The van der Waals surface area contributed by atoms with Crippen molar-refractivity contribution in [1.82, 2.24) is 0 Å². The summed E-state index contributed by atoms with van der Waals surface area (Å²) >= 11 is 3.37. The van der Waals surface area contributed by atoms with Crippen LogP contribution in [0, 0.1) is 0 Å². The number of benzene rings is 2. The van der Waals surface area contributed by atoms with E-state index in [1.807, 2.05) is 24.3 Å². The fourth-order valence-corrected chi connectivity index (χ4v) is 2.43. The first-order chi connectivity index (χ1) is 10.1. The van der Waals surface area contributed by atoms with Gasteiger partial charge in [0.2, 0.25) is 0 Å². The van der Waals surface area contributed by atoms with E-state index in [1.165, 1.54) is 5.56 Å². The third-order valence-electron chi connectivity index (χ3n) is 3.18. The highest BCUT2D eigenvalue weighted by Gasteiger charge is 2.10. The molecule has 0 fully saturated rings. The number of aryl methyl sites for hydroxylation is 1. The van der Waals surface area contributed by atoms with Gasteiger partial charge in [-0.05, 0) is 58.2 Å². The van der Waals surface area contributed by atoms with Crippen molar-refractivity contribution in [2.45, 2.75) is 13.3 Å². The molecule has 2 aromatic rings. The zero-order valence-electron chi connectivity index (χ0n) is 12.1. The third kappa shape index (κ3) is 4.08. The maximum atomic E-state index is 12.1. The highest BCUT2D eigenvalue weighted by atomic mass is 79.9. The number of rotatable bonds is 6. The summed E-state index contributed by atoms with van der Waals surface area (Å²) in [6.07, 6.45) is 0.985. The molecule has 2 aromatic carbocycles. The molecule has 0 saturated heterocycles. The molecule has 0 unspecified atom stereocenters. The van der Waals surface area contributed by atoms with Gasteiger partial charge in [0.1, 0.15) is 11.5 Å². The number of ether oxygens (including phenoxy) is 2. The molecule has 2 rings (SSSR count). The standard InChI is InChI=1S/C17H17BrO3/c1-3-12-4-7-14(8-5-12)21-11-16(19)13-6-9-17(20-2)15(18)10-13/h4-10H,3,11H2,1-2H3. The van der Waals surface area contributed by atoms with Crippen molar-refractivity contribution in [3.8, 4) is 11.5 Å². The number of halogens is 1. The number of hydrogen-bond acceptors (Lipinski definition) is 3. The van der Waals surface area contributed by atoms with Gasteiger partial charge in [0, 0.05) is 5.56 Å². The van der Waals surface area contributed by atoms with Gasteiger partial charge in [-0.25, -0.2) is 0 Å². The maximum Gasteiger partial charge on any atom is 0.200 e. The molecule has 4 heteroatoms. The van der Waals surface area contributed by atoms with Crippen molar-refractivity contribution in [1.29, 1.82) is 0 Å². The van der Waals surface area contributed by atoms with E-state index in [4.69, 9.17) is 9.47 Å². The van der Waals surface area contributed by atoms with Gasteiger partial charge in [-0.15, -0.1) is 0 Å². The van der Waals surface area contributed by atoms with Crippen molar-refractivity contribution in [3.05, 3.63) is 58.1 Å². The second kappa shape index (κ2) is 7.27. The Labute approximate surface area is 133 Å². The lowest BCUT2D eigenvalue weighted by Gasteiger charge is -2.08. The number of carbonyl (C=O) groups is 1. The maximum absolute atomic E-state index is 12.1. The van der Waals surface area contributed by atoms with Crippen molar-refractivity contribution in [2.24, 2.45) is 0 Å². The lowest BCUT2D eigenvalue weighted by atomic mass is 10.1. The average Bonchev–Trinajstić information content (AvgIpc) is 2.53. The zero-order chi connectivity index (χ0) is 15.2. The van der Waals surface area contributed by atoms with Crippen LogP contribution in [0.25, 0.3) is 0 Å². The molecule has 0 aliphatic rings. The Morgan fingerprint density at radius 3 is 2.43 bits per heavy atom. The summed E-state index contributed by atoms with van der Waals surface area (Å²) in [4.78, 5) is 12.1. The fourth-order valence-electron chi connectivity index (χ4n) is 1.89. The Balaban J connectivity index is 1.99. The van der Waals surface area contributed by atoms with Gasteiger partial charge < -0.3 is 9.47 Å². The van der Waals surface area contributed by atoms with Crippen LogP contribution in [-0.4, -0.2) is 19.5 Å². The van der Waals surface area contributed by atoms with Crippen molar-refractivity contribution >= 4 is 21.7 Å². The van der Waals surface area contributed by atoms with Gasteiger partial charge in [0.15, 0.2) is 12.4 Å².